The van der Waals surface area contributed by atoms with Crippen LogP contribution in [0.2, 0.25) is 0 Å². The number of carbonyl (C=O) groups is 1. The average molecular weight is 607 g/mol. The van der Waals surface area contributed by atoms with Crippen molar-refractivity contribution in [2.24, 2.45) is 0 Å². The molecule has 12 heteroatoms. The molecule has 2 aromatic carbocycles. The average Bonchev–Trinajstić information content (AvgIpc) is 3.59. The van der Waals surface area contributed by atoms with Gasteiger partial charge in [0, 0.05) is 57.7 Å². The quantitative estimate of drug-likeness (QED) is 0.251. The lowest BCUT2D eigenvalue weighted by atomic mass is 10.0. The first kappa shape index (κ1) is 28.9. The lowest BCUT2D eigenvalue weighted by Gasteiger charge is -2.41. The van der Waals surface area contributed by atoms with Crippen LogP contribution in [0.1, 0.15) is 19.3 Å². The molecule has 0 unspecified atom stereocenters. The number of likely N-dealkylation sites (tertiary alicyclic amines) is 1. The van der Waals surface area contributed by atoms with E-state index in [9.17, 15) is 18.8 Å². The molecule has 2 aliphatic rings. The Balaban J connectivity index is 1.43. The van der Waals surface area contributed by atoms with E-state index in [1.807, 2.05) is 11.9 Å². The number of amides is 1. The minimum absolute atomic E-state index is 0.0319. The normalized spacial score (nSPS) is 19.2. The maximum absolute atomic E-state index is 15.9. The molecule has 0 N–H and O–H groups in total. The van der Waals surface area contributed by atoms with E-state index in [0.717, 1.165) is 19.4 Å². The van der Waals surface area contributed by atoms with E-state index in [1.54, 1.807) is 24.3 Å². The van der Waals surface area contributed by atoms with E-state index in [1.165, 1.54) is 27.7 Å². The molecule has 0 spiro atoms. The zero-order valence-electron chi connectivity index (χ0n) is 23.5. The van der Waals surface area contributed by atoms with Gasteiger partial charge in [-0.05, 0) is 38.6 Å². The van der Waals surface area contributed by atoms with Crippen LogP contribution in [-0.4, -0.2) is 77.6 Å². The third-order valence-corrected chi connectivity index (χ3v) is 9.27. The summed E-state index contributed by atoms with van der Waals surface area (Å²) in [5.41, 5.74) is 1.25. The van der Waals surface area contributed by atoms with E-state index in [0.29, 0.717) is 39.0 Å². The molecule has 222 valence electrons. The SMILES string of the molecule is C=C(F)C(=O)N1CCN(c2nc(OC[C@@H]3CCCN3C)nc3cc(-c4cccc5c(F)csc45)c(F)cc23)C[C@@H]1CC#N. The zero-order valence-corrected chi connectivity index (χ0v) is 24.3. The number of piperazine rings is 1. The van der Waals surface area contributed by atoms with Crippen LogP contribution >= 0.6 is 11.3 Å². The van der Waals surface area contributed by atoms with Crippen molar-refractivity contribution in [3.05, 3.63) is 59.8 Å². The minimum Gasteiger partial charge on any atom is -0.462 e. The number of nitriles is 1. The fourth-order valence-electron chi connectivity index (χ4n) is 5.97. The Kier molecular flexibility index (Phi) is 7.94. The monoisotopic (exact) mass is 606 g/mol. The van der Waals surface area contributed by atoms with Gasteiger partial charge in [-0.15, -0.1) is 11.3 Å². The van der Waals surface area contributed by atoms with Crippen molar-refractivity contribution in [3.8, 4) is 23.2 Å². The predicted octanol–water partition coefficient (Wildman–Crippen LogP) is 5.68. The minimum atomic E-state index is -1.09. The highest BCUT2D eigenvalue weighted by atomic mass is 32.1. The number of rotatable bonds is 7. The van der Waals surface area contributed by atoms with Gasteiger partial charge in [0.1, 0.15) is 24.1 Å². The van der Waals surface area contributed by atoms with Crippen molar-refractivity contribution in [3.63, 3.8) is 0 Å². The molecule has 43 heavy (non-hydrogen) atoms. The molecule has 0 radical (unpaired) electrons. The molecule has 0 saturated carbocycles. The molecule has 0 bridgehead atoms. The molecule has 2 aliphatic heterocycles. The van der Waals surface area contributed by atoms with Gasteiger partial charge in [0.25, 0.3) is 5.91 Å². The maximum Gasteiger partial charge on any atom is 0.319 e. The molecule has 2 fully saturated rings. The van der Waals surface area contributed by atoms with Gasteiger partial charge >= 0.3 is 6.01 Å². The van der Waals surface area contributed by atoms with Gasteiger partial charge < -0.3 is 19.4 Å². The molecule has 2 atom stereocenters. The molecule has 0 aliphatic carbocycles. The largest absolute Gasteiger partial charge is 0.462 e. The Morgan fingerprint density at radius 1 is 1.14 bits per heavy atom. The molecular formula is C31H29F3N6O2S. The van der Waals surface area contributed by atoms with Crippen molar-refractivity contribution in [2.45, 2.75) is 31.3 Å². The van der Waals surface area contributed by atoms with E-state index in [-0.39, 0.29) is 49.5 Å². The second-order valence-electron chi connectivity index (χ2n) is 10.9. The standard InChI is InChI=1S/C31H29F3N6O2S/c1-18(32)30(41)40-12-11-39(15-19(40)8-9-35)29-24-13-25(33)23(21-6-3-7-22-26(34)17-43-28(21)22)14-27(24)36-31(37-29)42-16-20-5-4-10-38(20)2/h3,6-7,13-14,17,19-20H,1,4-5,8,10-12,15-16H2,2H3/t19-,20-/m0/s1. The highest BCUT2D eigenvalue weighted by Crippen LogP contribution is 2.39. The van der Waals surface area contributed by atoms with Crippen LogP contribution in [0.5, 0.6) is 6.01 Å². The van der Waals surface area contributed by atoms with Crippen LogP contribution in [0.15, 0.2) is 48.1 Å². The van der Waals surface area contributed by atoms with Crippen LogP contribution in [0.3, 0.4) is 0 Å². The molecule has 4 heterocycles. The van der Waals surface area contributed by atoms with Gasteiger partial charge in [0.05, 0.1) is 24.0 Å². The number of benzene rings is 2. The molecule has 1 amide bonds. The fraction of sp³-hybridized carbons (Fsp3) is 0.355. The maximum atomic E-state index is 15.9. The van der Waals surface area contributed by atoms with Gasteiger partial charge in [0.2, 0.25) is 0 Å². The number of aromatic nitrogens is 2. The third-order valence-electron chi connectivity index (χ3n) is 8.27. The number of hydrogen-bond donors (Lipinski definition) is 0. The Labute approximate surface area is 250 Å². The Bertz CT molecular complexity index is 1770. The lowest BCUT2D eigenvalue weighted by Crippen LogP contribution is -2.55. The van der Waals surface area contributed by atoms with Gasteiger partial charge in [-0.1, -0.05) is 24.8 Å². The Morgan fingerprint density at radius 3 is 2.72 bits per heavy atom. The first-order valence-electron chi connectivity index (χ1n) is 14.0. The van der Waals surface area contributed by atoms with E-state index >= 15 is 4.39 Å². The van der Waals surface area contributed by atoms with E-state index in [2.05, 4.69) is 27.5 Å². The number of carbonyl (C=O) groups excluding carboxylic acids is 1. The summed E-state index contributed by atoms with van der Waals surface area (Å²) in [4.78, 5) is 27.2. The fourth-order valence-corrected chi connectivity index (χ4v) is 6.92. The first-order chi connectivity index (χ1) is 20.7. The summed E-state index contributed by atoms with van der Waals surface area (Å²) >= 11 is 1.21. The number of likely N-dealkylation sites (N-methyl/N-ethyl adjacent to an activating group) is 1. The highest BCUT2D eigenvalue weighted by molar-refractivity contribution is 7.17. The molecule has 4 aromatic rings. The van der Waals surface area contributed by atoms with E-state index < -0.39 is 23.6 Å². The summed E-state index contributed by atoms with van der Waals surface area (Å²) in [5.74, 6) is -2.45. The van der Waals surface area contributed by atoms with Gasteiger partial charge in [0.15, 0.2) is 5.83 Å². The summed E-state index contributed by atoms with van der Waals surface area (Å²) in [6.45, 7) is 5.02. The van der Waals surface area contributed by atoms with Crippen molar-refractivity contribution >= 4 is 44.1 Å². The second kappa shape index (κ2) is 11.8. The Morgan fingerprint density at radius 2 is 1.98 bits per heavy atom. The number of anilines is 1. The number of ether oxygens (including phenoxy) is 1. The topological polar surface area (TPSA) is 85.6 Å². The number of fused-ring (bicyclic) bond motifs is 2. The molecule has 2 aromatic heterocycles. The molecular weight excluding hydrogens is 577 g/mol. The molecule has 8 nitrogen and oxygen atoms in total. The van der Waals surface area contributed by atoms with Crippen molar-refractivity contribution in [1.29, 1.82) is 5.26 Å². The smallest absolute Gasteiger partial charge is 0.319 e. The van der Waals surface area contributed by atoms with Crippen molar-refractivity contribution in [1.82, 2.24) is 19.8 Å². The number of hydrogen-bond acceptors (Lipinski definition) is 8. The highest BCUT2D eigenvalue weighted by Gasteiger charge is 2.33. The van der Waals surface area contributed by atoms with Crippen LogP contribution in [-0.2, 0) is 4.79 Å². The van der Waals surface area contributed by atoms with E-state index in [4.69, 9.17) is 4.74 Å². The summed E-state index contributed by atoms with van der Waals surface area (Å²) in [6, 6.07) is 9.85. The first-order valence-corrected chi connectivity index (χ1v) is 14.9. The van der Waals surface area contributed by atoms with Crippen molar-refractivity contribution in [2.75, 3.05) is 44.7 Å². The van der Waals surface area contributed by atoms with Crippen LogP contribution in [0.4, 0.5) is 19.0 Å². The van der Waals surface area contributed by atoms with Gasteiger partial charge in [-0.3, -0.25) is 4.79 Å². The van der Waals surface area contributed by atoms with Crippen LogP contribution in [0.25, 0.3) is 32.1 Å². The number of nitrogens with zero attached hydrogens (tertiary/aromatic N) is 6. The predicted molar refractivity (Wildman–Crippen MR) is 160 cm³/mol. The Hall–Kier alpha value is -4.21. The van der Waals surface area contributed by atoms with Gasteiger partial charge in [-0.25, -0.2) is 13.2 Å². The number of thiophene rings is 1. The van der Waals surface area contributed by atoms with Crippen LogP contribution in [0, 0.1) is 23.0 Å². The summed E-state index contributed by atoms with van der Waals surface area (Å²) in [6.07, 6.45) is 2.02. The summed E-state index contributed by atoms with van der Waals surface area (Å²) in [7, 11) is 2.04. The summed E-state index contributed by atoms with van der Waals surface area (Å²) < 4.78 is 50.7. The lowest BCUT2D eigenvalue weighted by molar-refractivity contribution is -0.131. The third kappa shape index (κ3) is 5.50. The number of halogens is 3. The van der Waals surface area contributed by atoms with Crippen molar-refractivity contribution < 1.29 is 22.7 Å². The molecule has 2 saturated heterocycles. The summed E-state index contributed by atoms with van der Waals surface area (Å²) in [5, 5.41) is 11.7. The molecule has 6 rings (SSSR count). The van der Waals surface area contributed by atoms with Gasteiger partial charge in [-0.2, -0.15) is 15.2 Å². The van der Waals surface area contributed by atoms with Crippen LogP contribution < -0.4 is 9.64 Å². The zero-order chi connectivity index (χ0) is 30.2. The second-order valence-corrected chi connectivity index (χ2v) is 11.8.